The minimum Gasteiger partial charge on any atom is -0.497 e. The second kappa shape index (κ2) is 6.39. The lowest BCUT2D eigenvalue weighted by Gasteiger charge is -2.09. The molecule has 0 aromatic heterocycles. The first-order chi connectivity index (χ1) is 10.7. The molecule has 2 aromatic rings. The number of urea groups is 1. The van der Waals surface area contributed by atoms with Crippen LogP contribution in [0.3, 0.4) is 0 Å². The van der Waals surface area contributed by atoms with E-state index in [1.54, 1.807) is 7.11 Å². The van der Waals surface area contributed by atoms with Crippen LogP contribution in [0, 0.1) is 0 Å². The third kappa shape index (κ3) is 3.31. The molecule has 2 N–H and O–H groups in total. The minimum atomic E-state index is -0.235. The van der Waals surface area contributed by atoms with Gasteiger partial charge in [-0.3, -0.25) is 0 Å². The predicted molar refractivity (Wildman–Crippen MR) is 84.5 cm³/mol. The van der Waals surface area contributed by atoms with Crippen molar-refractivity contribution in [1.82, 2.24) is 5.32 Å². The molecule has 3 rings (SSSR count). The van der Waals surface area contributed by atoms with Gasteiger partial charge in [0.2, 0.25) is 0 Å². The number of fused-ring (bicyclic) bond motifs is 1. The van der Waals surface area contributed by atoms with Crippen LogP contribution in [0.1, 0.15) is 11.1 Å². The fourth-order valence-electron chi connectivity index (χ4n) is 2.40. The molecule has 0 radical (unpaired) electrons. The summed E-state index contributed by atoms with van der Waals surface area (Å²) in [6.07, 6.45) is 0.885. The van der Waals surface area contributed by atoms with Crippen LogP contribution < -0.4 is 20.1 Å². The van der Waals surface area contributed by atoms with E-state index >= 15 is 0 Å². The van der Waals surface area contributed by atoms with Gasteiger partial charge in [-0.05, 0) is 41.5 Å². The van der Waals surface area contributed by atoms with Crippen LogP contribution in [-0.4, -0.2) is 19.7 Å². The van der Waals surface area contributed by atoms with Crippen molar-refractivity contribution in [3.05, 3.63) is 53.6 Å². The standard InChI is InChI=1S/C17H18N2O3/c1-21-15-4-2-3-12(9-15)11-18-17(20)19-14-5-6-16-13(10-14)7-8-22-16/h2-6,9-10H,7-8,11H2,1H3,(H2,18,19,20). The summed E-state index contributed by atoms with van der Waals surface area (Å²) < 4.78 is 10.6. The van der Waals surface area contributed by atoms with E-state index in [9.17, 15) is 4.79 Å². The van der Waals surface area contributed by atoms with Crippen molar-refractivity contribution in [3.8, 4) is 11.5 Å². The van der Waals surface area contributed by atoms with E-state index in [4.69, 9.17) is 9.47 Å². The van der Waals surface area contributed by atoms with Gasteiger partial charge in [0.25, 0.3) is 0 Å². The van der Waals surface area contributed by atoms with E-state index in [-0.39, 0.29) is 6.03 Å². The summed E-state index contributed by atoms with van der Waals surface area (Å²) >= 11 is 0. The molecule has 0 bridgehead atoms. The Hall–Kier alpha value is -2.69. The van der Waals surface area contributed by atoms with Gasteiger partial charge in [-0.1, -0.05) is 12.1 Å². The van der Waals surface area contributed by atoms with Gasteiger partial charge in [0, 0.05) is 18.7 Å². The van der Waals surface area contributed by atoms with Gasteiger partial charge in [-0.25, -0.2) is 4.79 Å². The molecule has 0 spiro atoms. The summed E-state index contributed by atoms with van der Waals surface area (Å²) in [7, 11) is 1.62. The Morgan fingerprint density at radius 1 is 1.27 bits per heavy atom. The molecule has 5 nitrogen and oxygen atoms in total. The molecule has 5 heteroatoms. The number of nitrogens with one attached hydrogen (secondary N) is 2. The van der Waals surface area contributed by atoms with Crippen molar-refractivity contribution in [2.45, 2.75) is 13.0 Å². The van der Waals surface area contributed by atoms with Crippen molar-refractivity contribution in [3.63, 3.8) is 0 Å². The zero-order chi connectivity index (χ0) is 15.4. The number of rotatable bonds is 4. The summed E-state index contributed by atoms with van der Waals surface area (Å²) in [5, 5.41) is 5.66. The number of carbonyl (C=O) groups excluding carboxylic acids is 1. The Balaban J connectivity index is 1.56. The van der Waals surface area contributed by atoms with Crippen molar-refractivity contribution in [1.29, 1.82) is 0 Å². The van der Waals surface area contributed by atoms with Gasteiger partial charge in [0.05, 0.1) is 13.7 Å². The normalized spacial score (nSPS) is 12.2. The van der Waals surface area contributed by atoms with E-state index in [0.717, 1.165) is 34.7 Å². The molecule has 114 valence electrons. The van der Waals surface area contributed by atoms with Crippen molar-refractivity contribution >= 4 is 11.7 Å². The highest BCUT2D eigenvalue weighted by molar-refractivity contribution is 5.89. The summed E-state index contributed by atoms with van der Waals surface area (Å²) in [6.45, 7) is 1.15. The van der Waals surface area contributed by atoms with Gasteiger partial charge >= 0.3 is 6.03 Å². The maximum absolute atomic E-state index is 12.0. The Labute approximate surface area is 129 Å². The lowest BCUT2D eigenvalue weighted by Crippen LogP contribution is -2.28. The Kier molecular flexibility index (Phi) is 4.14. The summed E-state index contributed by atoms with van der Waals surface area (Å²) in [6, 6.07) is 13.1. The fourth-order valence-corrected chi connectivity index (χ4v) is 2.40. The number of anilines is 1. The van der Waals surface area contributed by atoms with E-state index in [1.165, 1.54) is 0 Å². The fraction of sp³-hybridized carbons (Fsp3) is 0.235. The van der Waals surface area contributed by atoms with Crippen LogP contribution in [-0.2, 0) is 13.0 Å². The third-order valence-corrected chi connectivity index (χ3v) is 3.53. The molecule has 1 aliphatic rings. The second-order valence-electron chi connectivity index (χ2n) is 5.08. The average molecular weight is 298 g/mol. The van der Waals surface area contributed by atoms with Gasteiger partial charge in [-0.2, -0.15) is 0 Å². The monoisotopic (exact) mass is 298 g/mol. The molecule has 1 heterocycles. The van der Waals surface area contributed by atoms with Crippen LogP contribution in [0.25, 0.3) is 0 Å². The topological polar surface area (TPSA) is 59.6 Å². The molecule has 2 aromatic carbocycles. The Morgan fingerprint density at radius 3 is 3.05 bits per heavy atom. The molecule has 2 amide bonds. The minimum absolute atomic E-state index is 0.235. The number of hydrogen-bond acceptors (Lipinski definition) is 3. The Morgan fingerprint density at radius 2 is 2.18 bits per heavy atom. The first-order valence-electron chi connectivity index (χ1n) is 7.18. The van der Waals surface area contributed by atoms with E-state index in [1.807, 2.05) is 42.5 Å². The zero-order valence-electron chi connectivity index (χ0n) is 12.4. The smallest absolute Gasteiger partial charge is 0.319 e. The first-order valence-corrected chi connectivity index (χ1v) is 7.18. The van der Waals surface area contributed by atoms with Crippen LogP contribution in [0.15, 0.2) is 42.5 Å². The number of carbonyl (C=O) groups is 1. The largest absolute Gasteiger partial charge is 0.497 e. The third-order valence-electron chi connectivity index (χ3n) is 3.53. The van der Waals surface area contributed by atoms with Crippen LogP contribution in [0.4, 0.5) is 10.5 Å². The molecular formula is C17H18N2O3. The van der Waals surface area contributed by atoms with Gasteiger partial charge in [0.1, 0.15) is 11.5 Å². The van der Waals surface area contributed by atoms with Crippen molar-refractivity contribution in [2.24, 2.45) is 0 Å². The SMILES string of the molecule is COc1cccc(CNC(=O)Nc2ccc3c(c2)CCO3)c1. The zero-order valence-corrected chi connectivity index (χ0v) is 12.4. The maximum atomic E-state index is 12.0. The quantitative estimate of drug-likeness (QED) is 0.912. The molecule has 1 aliphatic heterocycles. The maximum Gasteiger partial charge on any atom is 0.319 e. The lowest BCUT2D eigenvalue weighted by molar-refractivity contribution is 0.251. The molecule has 0 atom stereocenters. The van der Waals surface area contributed by atoms with Crippen LogP contribution >= 0.6 is 0 Å². The highest BCUT2D eigenvalue weighted by atomic mass is 16.5. The molecule has 0 unspecified atom stereocenters. The van der Waals surface area contributed by atoms with Crippen molar-refractivity contribution in [2.75, 3.05) is 19.0 Å². The molecular weight excluding hydrogens is 280 g/mol. The number of methoxy groups -OCH3 is 1. The summed E-state index contributed by atoms with van der Waals surface area (Å²) in [4.78, 5) is 12.0. The molecule has 0 aliphatic carbocycles. The van der Waals surface area contributed by atoms with E-state index in [0.29, 0.717) is 13.2 Å². The summed E-state index contributed by atoms with van der Waals surface area (Å²) in [5.41, 5.74) is 2.88. The van der Waals surface area contributed by atoms with Crippen LogP contribution in [0.2, 0.25) is 0 Å². The van der Waals surface area contributed by atoms with Gasteiger partial charge in [-0.15, -0.1) is 0 Å². The van der Waals surface area contributed by atoms with E-state index in [2.05, 4.69) is 10.6 Å². The highest BCUT2D eigenvalue weighted by Gasteiger charge is 2.12. The Bertz CT molecular complexity index is 685. The molecule has 0 saturated heterocycles. The van der Waals surface area contributed by atoms with Gasteiger partial charge in [0.15, 0.2) is 0 Å². The highest BCUT2D eigenvalue weighted by Crippen LogP contribution is 2.27. The van der Waals surface area contributed by atoms with Crippen LogP contribution in [0.5, 0.6) is 11.5 Å². The number of hydrogen-bond donors (Lipinski definition) is 2. The number of benzene rings is 2. The first kappa shape index (κ1) is 14.3. The number of amides is 2. The molecule has 0 fully saturated rings. The lowest BCUT2D eigenvalue weighted by atomic mass is 10.1. The average Bonchev–Trinajstić information content (AvgIpc) is 3.01. The molecule has 0 saturated carbocycles. The van der Waals surface area contributed by atoms with Gasteiger partial charge < -0.3 is 20.1 Å². The number of ether oxygens (including phenoxy) is 2. The predicted octanol–water partition coefficient (Wildman–Crippen LogP) is 2.95. The van der Waals surface area contributed by atoms with Crippen molar-refractivity contribution < 1.29 is 14.3 Å². The summed E-state index contributed by atoms with van der Waals surface area (Å²) in [5.74, 6) is 1.68. The van der Waals surface area contributed by atoms with E-state index < -0.39 is 0 Å². The molecule has 22 heavy (non-hydrogen) atoms. The second-order valence-corrected chi connectivity index (χ2v) is 5.08.